The van der Waals surface area contributed by atoms with Crippen LogP contribution in [-0.2, 0) is 0 Å². The van der Waals surface area contributed by atoms with Gasteiger partial charge in [-0.25, -0.2) is 4.98 Å². The van der Waals surface area contributed by atoms with Crippen LogP contribution in [0.15, 0.2) is 134 Å². The first-order valence-corrected chi connectivity index (χ1v) is 13.5. The first-order valence-electron chi connectivity index (χ1n) is 13.5. The summed E-state index contributed by atoms with van der Waals surface area (Å²) in [5.41, 5.74) is 9.84. The number of aromatic nitrogens is 4. The van der Waals surface area contributed by atoms with E-state index in [1.807, 2.05) is 18.3 Å². The number of rotatable bonds is 2. The van der Waals surface area contributed by atoms with E-state index in [9.17, 15) is 0 Å². The van der Waals surface area contributed by atoms with E-state index >= 15 is 0 Å². The molecule has 0 N–H and O–H groups in total. The van der Waals surface area contributed by atoms with Gasteiger partial charge in [-0.05, 0) is 60.0 Å². The van der Waals surface area contributed by atoms with Gasteiger partial charge in [-0.1, -0.05) is 72.8 Å². The summed E-state index contributed by atoms with van der Waals surface area (Å²) >= 11 is 0. The molecule has 0 bridgehead atoms. The van der Waals surface area contributed by atoms with E-state index in [0.29, 0.717) is 0 Å². The van der Waals surface area contributed by atoms with Crippen molar-refractivity contribution in [2.75, 3.05) is 0 Å². The van der Waals surface area contributed by atoms with Gasteiger partial charge < -0.3 is 4.57 Å². The minimum absolute atomic E-state index is 0.968. The molecule has 0 aliphatic rings. The van der Waals surface area contributed by atoms with Crippen molar-refractivity contribution in [1.29, 1.82) is 0 Å². The Balaban J connectivity index is 1.46. The highest BCUT2D eigenvalue weighted by Crippen LogP contribution is 2.39. The summed E-state index contributed by atoms with van der Waals surface area (Å²) in [6, 6.07) is 45.2. The maximum absolute atomic E-state index is 5.08. The quantitative estimate of drug-likeness (QED) is 0.218. The summed E-state index contributed by atoms with van der Waals surface area (Å²) in [4.78, 5) is 9.68. The van der Waals surface area contributed by atoms with Crippen molar-refractivity contribution in [3.8, 4) is 16.9 Å². The van der Waals surface area contributed by atoms with E-state index in [1.54, 1.807) is 0 Å². The largest absolute Gasteiger partial charge is 0.309 e. The highest BCUT2D eigenvalue weighted by Gasteiger charge is 2.18. The van der Waals surface area contributed by atoms with E-state index < -0.39 is 0 Å². The van der Waals surface area contributed by atoms with Gasteiger partial charge in [0.1, 0.15) is 5.65 Å². The summed E-state index contributed by atoms with van der Waals surface area (Å²) in [5.74, 6) is 0. The Morgan fingerprint density at radius 3 is 2.08 bits per heavy atom. The second-order valence-electron chi connectivity index (χ2n) is 10.3. The van der Waals surface area contributed by atoms with Crippen LogP contribution in [0.4, 0.5) is 0 Å². The summed E-state index contributed by atoms with van der Waals surface area (Å²) in [6.07, 6.45) is 1.85. The summed E-state index contributed by atoms with van der Waals surface area (Å²) in [7, 11) is 0. The number of nitrogens with zero attached hydrogens (tertiary/aromatic N) is 4. The zero-order valence-electron chi connectivity index (χ0n) is 21.5. The fourth-order valence-corrected chi connectivity index (χ4v) is 6.38. The average molecular weight is 511 g/mol. The van der Waals surface area contributed by atoms with Crippen LogP contribution in [0.3, 0.4) is 0 Å². The maximum Gasteiger partial charge on any atom is 0.146 e. The zero-order valence-corrected chi connectivity index (χ0v) is 21.5. The SMILES string of the molecule is c1ccc(-c2cccc(-n3c4ccccc4c4cc5c(cc43)c3ccccc3c3nc4ccccc4n53)c2)nc1. The number of hydrogen-bond acceptors (Lipinski definition) is 2. The smallest absolute Gasteiger partial charge is 0.146 e. The van der Waals surface area contributed by atoms with Crippen LogP contribution in [-0.4, -0.2) is 18.9 Å². The predicted octanol–water partition coefficient (Wildman–Crippen LogP) is 8.95. The Morgan fingerprint density at radius 1 is 0.475 bits per heavy atom. The molecule has 186 valence electrons. The van der Waals surface area contributed by atoms with Crippen LogP contribution in [0.1, 0.15) is 0 Å². The summed E-state index contributed by atoms with van der Waals surface area (Å²) in [6.45, 7) is 0. The minimum Gasteiger partial charge on any atom is -0.309 e. The first-order chi connectivity index (χ1) is 19.8. The first kappa shape index (κ1) is 21.5. The van der Waals surface area contributed by atoms with E-state index in [2.05, 4.69) is 129 Å². The molecular weight excluding hydrogens is 488 g/mol. The lowest BCUT2D eigenvalue weighted by molar-refractivity contribution is 1.18. The zero-order chi connectivity index (χ0) is 26.2. The van der Waals surface area contributed by atoms with Gasteiger partial charge in [0, 0.05) is 39.0 Å². The van der Waals surface area contributed by atoms with Gasteiger partial charge in [0.05, 0.1) is 33.3 Å². The molecule has 0 radical (unpaired) electrons. The molecule has 4 heterocycles. The topological polar surface area (TPSA) is 35.1 Å². The fourth-order valence-electron chi connectivity index (χ4n) is 6.38. The van der Waals surface area contributed by atoms with Crippen molar-refractivity contribution >= 4 is 60.2 Å². The number of para-hydroxylation sites is 3. The van der Waals surface area contributed by atoms with Crippen molar-refractivity contribution < 1.29 is 0 Å². The molecule has 0 aliphatic carbocycles. The van der Waals surface area contributed by atoms with Crippen molar-refractivity contribution in [3.05, 3.63) is 134 Å². The Labute approximate surface area is 229 Å². The molecule has 0 unspecified atom stereocenters. The van der Waals surface area contributed by atoms with Gasteiger partial charge >= 0.3 is 0 Å². The Bertz CT molecular complexity index is 2430. The van der Waals surface area contributed by atoms with E-state index in [0.717, 1.165) is 39.0 Å². The molecule has 5 aromatic carbocycles. The number of fused-ring (bicyclic) bond motifs is 11. The number of benzene rings is 5. The van der Waals surface area contributed by atoms with Gasteiger partial charge in [0.15, 0.2) is 0 Å². The van der Waals surface area contributed by atoms with Crippen molar-refractivity contribution in [1.82, 2.24) is 18.9 Å². The van der Waals surface area contributed by atoms with Crippen LogP contribution < -0.4 is 0 Å². The standard InChI is InChI=1S/C36H22N4/c1-2-14-27-25(12-1)28-21-34-29(22-35(28)40-33-18-6-4-16-31(33)38-36(27)40)26-13-3-5-17-32(26)39(34)24-11-9-10-23(20-24)30-15-7-8-19-37-30/h1-22H. The third-order valence-electron chi connectivity index (χ3n) is 8.11. The maximum atomic E-state index is 5.08. The third-order valence-corrected chi connectivity index (χ3v) is 8.11. The molecule has 40 heavy (non-hydrogen) atoms. The molecule has 4 heteroatoms. The highest BCUT2D eigenvalue weighted by molar-refractivity contribution is 6.20. The van der Waals surface area contributed by atoms with Crippen LogP contribution in [0, 0.1) is 0 Å². The lowest BCUT2D eigenvalue weighted by Gasteiger charge is -2.12. The molecule has 0 saturated heterocycles. The van der Waals surface area contributed by atoms with E-state index in [4.69, 9.17) is 4.98 Å². The molecule has 0 spiro atoms. The number of pyridine rings is 2. The predicted molar refractivity (Wildman–Crippen MR) is 165 cm³/mol. The fraction of sp³-hybridized carbons (Fsp3) is 0. The Morgan fingerprint density at radius 2 is 1.20 bits per heavy atom. The lowest BCUT2D eigenvalue weighted by Crippen LogP contribution is -1.96. The van der Waals surface area contributed by atoms with Gasteiger partial charge in [-0.3, -0.25) is 9.38 Å². The van der Waals surface area contributed by atoms with Crippen LogP contribution >= 0.6 is 0 Å². The van der Waals surface area contributed by atoms with Gasteiger partial charge in [-0.2, -0.15) is 0 Å². The second kappa shape index (κ2) is 8.01. The number of imidazole rings is 1. The summed E-state index contributed by atoms with van der Waals surface area (Å²) < 4.78 is 4.72. The molecular formula is C36H22N4. The van der Waals surface area contributed by atoms with Gasteiger partial charge in [0.25, 0.3) is 0 Å². The van der Waals surface area contributed by atoms with Gasteiger partial charge in [-0.15, -0.1) is 0 Å². The second-order valence-corrected chi connectivity index (χ2v) is 10.3. The van der Waals surface area contributed by atoms with E-state index in [-0.39, 0.29) is 0 Å². The van der Waals surface area contributed by atoms with Gasteiger partial charge in [0.2, 0.25) is 0 Å². The van der Waals surface area contributed by atoms with E-state index in [1.165, 1.54) is 38.1 Å². The van der Waals surface area contributed by atoms with Crippen molar-refractivity contribution in [2.24, 2.45) is 0 Å². The van der Waals surface area contributed by atoms with Crippen molar-refractivity contribution in [2.45, 2.75) is 0 Å². The van der Waals surface area contributed by atoms with Crippen LogP contribution in [0.25, 0.3) is 77.1 Å². The van der Waals surface area contributed by atoms with Crippen molar-refractivity contribution in [3.63, 3.8) is 0 Å². The lowest BCUT2D eigenvalue weighted by atomic mass is 10.0. The molecule has 9 rings (SSSR count). The Kier molecular flexibility index (Phi) is 4.30. The molecule has 0 atom stereocenters. The molecule has 0 aliphatic heterocycles. The normalized spacial score (nSPS) is 12.0. The average Bonchev–Trinajstić information content (AvgIpc) is 3.57. The number of hydrogen-bond donors (Lipinski definition) is 0. The molecule has 0 fully saturated rings. The third kappa shape index (κ3) is 2.90. The van der Waals surface area contributed by atoms with Crippen LogP contribution in [0.5, 0.6) is 0 Å². The molecule has 9 aromatic rings. The minimum atomic E-state index is 0.968. The Hall–Kier alpha value is -5.48. The molecule has 4 nitrogen and oxygen atoms in total. The van der Waals surface area contributed by atoms with Crippen LogP contribution in [0.2, 0.25) is 0 Å². The molecule has 4 aromatic heterocycles. The highest BCUT2D eigenvalue weighted by atomic mass is 15.0. The molecule has 0 saturated carbocycles. The molecule has 0 amide bonds. The monoisotopic (exact) mass is 510 g/mol. The summed E-state index contributed by atoms with van der Waals surface area (Å²) in [5, 5.41) is 6.03.